The molecule has 13 heteroatoms. The van der Waals surface area contributed by atoms with E-state index >= 15 is 0 Å². The number of aromatic nitrogens is 3. The third kappa shape index (κ3) is 6.39. The number of pyridine rings is 1. The summed E-state index contributed by atoms with van der Waals surface area (Å²) in [6.07, 6.45) is 5.15. The standard InChI is InChI=1S/C32H41N10O2P/c1-35-32(44)29(34)25(13-27(33)39-31(43)19-11-12-19)38-24-9-6-8-22-23-14-36-42(26(23)18-40(2)30(22)24)21-16-41(17-21)15-20-7-5-10-28(37-20)45(3)4/h5-10,13-14,19,21,38H,11-12,15-18,33-34H2,1-4H3,(H,35,44)(H,39,43)/b27-13+,29-25+. The Labute approximate surface area is 264 Å². The molecule has 1 aromatic carbocycles. The van der Waals surface area contributed by atoms with Gasteiger partial charge in [0.15, 0.2) is 0 Å². The molecule has 1 saturated heterocycles. The van der Waals surface area contributed by atoms with E-state index in [1.165, 1.54) is 24.3 Å². The number of allylic oxidation sites excluding steroid dienone is 1. The fraction of sp³-hybridized carbons (Fsp3) is 0.375. The number of likely N-dealkylation sites (N-methyl/N-ethyl adjacent to an activating group) is 1. The molecule has 0 unspecified atom stereocenters. The van der Waals surface area contributed by atoms with E-state index < -0.39 is 5.91 Å². The average molecular weight is 629 g/mol. The minimum absolute atomic E-state index is 0.0130. The fourth-order valence-corrected chi connectivity index (χ4v) is 6.60. The topological polar surface area (TPSA) is 159 Å². The van der Waals surface area contributed by atoms with Gasteiger partial charge in [-0.25, -0.2) is 0 Å². The number of nitrogens with one attached hydrogen (secondary N) is 3. The van der Waals surface area contributed by atoms with Crippen molar-refractivity contribution in [3.63, 3.8) is 0 Å². The Bertz CT molecular complexity index is 1690. The van der Waals surface area contributed by atoms with Gasteiger partial charge in [-0.15, -0.1) is 0 Å². The molecule has 3 aliphatic rings. The minimum atomic E-state index is -0.462. The van der Waals surface area contributed by atoms with E-state index in [4.69, 9.17) is 21.5 Å². The summed E-state index contributed by atoms with van der Waals surface area (Å²) in [4.78, 5) is 34.3. The molecule has 0 atom stereocenters. The van der Waals surface area contributed by atoms with E-state index in [1.54, 1.807) is 0 Å². The van der Waals surface area contributed by atoms with Gasteiger partial charge in [-0.05, 0) is 44.4 Å². The van der Waals surface area contributed by atoms with Gasteiger partial charge in [0.25, 0.3) is 5.91 Å². The fourth-order valence-electron chi connectivity index (χ4n) is 5.89. The van der Waals surface area contributed by atoms with E-state index in [9.17, 15) is 9.59 Å². The molecule has 12 nitrogen and oxygen atoms in total. The quantitative estimate of drug-likeness (QED) is 0.129. The number of para-hydroxylation sites is 1. The lowest BCUT2D eigenvalue weighted by Gasteiger charge is -2.40. The van der Waals surface area contributed by atoms with Gasteiger partial charge in [0.05, 0.1) is 52.7 Å². The van der Waals surface area contributed by atoms with Crippen molar-refractivity contribution in [2.45, 2.75) is 32.0 Å². The summed E-state index contributed by atoms with van der Waals surface area (Å²) in [6, 6.07) is 12.6. The van der Waals surface area contributed by atoms with Crippen LogP contribution in [-0.4, -0.2) is 72.0 Å². The molecule has 45 heavy (non-hydrogen) atoms. The van der Waals surface area contributed by atoms with Crippen molar-refractivity contribution in [1.29, 1.82) is 0 Å². The van der Waals surface area contributed by atoms with Crippen LogP contribution in [0.5, 0.6) is 0 Å². The van der Waals surface area contributed by atoms with Crippen molar-refractivity contribution in [3.05, 3.63) is 77.3 Å². The molecule has 7 N–H and O–H groups in total. The van der Waals surface area contributed by atoms with Crippen molar-refractivity contribution in [3.8, 4) is 11.1 Å². The Morgan fingerprint density at radius 2 is 1.84 bits per heavy atom. The third-order valence-electron chi connectivity index (χ3n) is 8.46. The molecule has 0 radical (unpaired) electrons. The van der Waals surface area contributed by atoms with Gasteiger partial charge in [0, 0.05) is 56.9 Å². The van der Waals surface area contributed by atoms with Gasteiger partial charge < -0.3 is 32.3 Å². The summed E-state index contributed by atoms with van der Waals surface area (Å²) >= 11 is 0. The number of carbonyl (C=O) groups is 2. The molecule has 0 bridgehead atoms. The van der Waals surface area contributed by atoms with Crippen molar-refractivity contribution >= 4 is 36.5 Å². The van der Waals surface area contributed by atoms with Crippen molar-refractivity contribution < 1.29 is 9.59 Å². The highest BCUT2D eigenvalue weighted by molar-refractivity contribution is 7.63. The number of anilines is 2. The summed E-state index contributed by atoms with van der Waals surface area (Å²) in [5.74, 6) is -0.492. The van der Waals surface area contributed by atoms with Gasteiger partial charge in [-0.2, -0.15) is 5.10 Å². The van der Waals surface area contributed by atoms with Crippen LogP contribution in [0.2, 0.25) is 0 Å². The monoisotopic (exact) mass is 628 g/mol. The second-order valence-electron chi connectivity index (χ2n) is 12.1. The molecule has 3 aromatic rings. The number of amides is 2. The lowest BCUT2D eigenvalue weighted by Crippen LogP contribution is -2.48. The number of nitrogens with two attached hydrogens (primary N) is 2. The lowest BCUT2D eigenvalue weighted by molar-refractivity contribution is -0.121. The largest absolute Gasteiger partial charge is 0.393 e. The number of nitrogens with zero attached hydrogens (tertiary/aromatic N) is 5. The maximum Gasteiger partial charge on any atom is 0.269 e. The molecule has 1 saturated carbocycles. The normalized spacial score (nSPS) is 17.3. The highest BCUT2D eigenvalue weighted by atomic mass is 31.1. The molecule has 1 aliphatic carbocycles. The first-order chi connectivity index (χ1) is 21.6. The van der Waals surface area contributed by atoms with E-state index in [0.717, 1.165) is 60.7 Å². The molecule has 0 spiro atoms. The Balaban J connectivity index is 1.22. The smallest absolute Gasteiger partial charge is 0.269 e. The first kappa shape index (κ1) is 30.6. The lowest BCUT2D eigenvalue weighted by atomic mass is 9.97. The van der Waals surface area contributed by atoms with Crippen LogP contribution in [0.1, 0.15) is 30.3 Å². The molecule has 6 rings (SSSR count). The molecule has 2 aromatic heterocycles. The predicted molar refractivity (Wildman–Crippen MR) is 179 cm³/mol. The van der Waals surface area contributed by atoms with Gasteiger partial charge in [-0.3, -0.25) is 24.2 Å². The van der Waals surface area contributed by atoms with Crippen LogP contribution in [0, 0.1) is 5.92 Å². The number of benzene rings is 1. The van der Waals surface area contributed by atoms with Crippen LogP contribution in [0.25, 0.3) is 11.1 Å². The molecular weight excluding hydrogens is 587 g/mol. The Hall–Kier alpha value is -4.41. The maximum absolute atomic E-state index is 12.5. The van der Waals surface area contributed by atoms with E-state index in [-0.39, 0.29) is 37.0 Å². The molecule has 2 aliphatic heterocycles. The number of likely N-dealkylation sites (tertiary alicyclic amines) is 1. The zero-order valence-corrected chi connectivity index (χ0v) is 27.1. The number of carbonyl (C=O) groups excluding carboxylic acids is 2. The first-order valence-corrected chi connectivity index (χ1v) is 17.4. The average Bonchev–Trinajstić information content (AvgIpc) is 3.78. The highest BCUT2D eigenvalue weighted by Crippen LogP contribution is 2.44. The van der Waals surface area contributed by atoms with Gasteiger partial charge >= 0.3 is 0 Å². The second kappa shape index (κ2) is 12.5. The van der Waals surface area contributed by atoms with E-state index in [1.807, 2.05) is 25.4 Å². The Kier molecular flexibility index (Phi) is 8.52. The van der Waals surface area contributed by atoms with Crippen LogP contribution in [0.3, 0.4) is 0 Å². The zero-order chi connectivity index (χ0) is 31.8. The maximum atomic E-state index is 12.5. The summed E-state index contributed by atoms with van der Waals surface area (Å²) in [5, 5.41) is 13.5. The summed E-state index contributed by atoms with van der Waals surface area (Å²) in [6.45, 7) is 7.81. The van der Waals surface area contributed by atoms with Crippen LogP contribution in [0.15, 0.2) is 65.9 Å². The molecule has 4 heterocycles. The van der Waals surface area contributed by atoms with Crippen LogP contribution in [-0.2, 0) is 22.7 Å². The molecule has 2 amide bonds. The summed E-state index contributed by atoms with van der Waals surface area (Å²) in [7, 11) is 3.33. The Morgan fingerprint density at radius 3 is 2.56 bits per heavy atom. The van der Waals surface area contributed by atoms with Crippen LogP contribution in [0.4, 0.5) is 11.4 Å². The third-order valence-corrected chi connectivity index (χ3v) is 9.63. The first-order valence-electron chi connectivity index (χ1n) is 15.2. The molecular formula is C32H41N10O2P. The predicted octanol–water partition coefficient (Wildman–Crippen LogP) is 1.97. The van der Waals surface area contributed by atoms with Crippen LogP contribution < -0.4 is 37.8 Å². The SMILES string of the molecule is CNC(=O)/C(N)=C(/C=C(\N)NC(=O)C1CC1)Nc1cccc2c1N(C)Cc1c-2cnn1C1CN(Cc2cccc(P(C)C)n2)C1. The highest BCUT2D eigenvalue weighted by Gasteiger charge is 2.34. The van der Waals surface area contributed by atoms with Crippen molar-refractivity contribution in [1.82, 2.24) is 30.3 Å². The van der Waals surface area contributed by atoms with Gasteiger partial charge in [0.1, 0.15) is 11.5 Å². The van der Waals surface area contributed by atoms with E-state index in [2.05, 4.69) is 68.0 Å². The van der Waals surface area contributed by atoms with Crippen molar-refractivity contribution in [2.24, 2.45) is 17.4 Å². The Morgan fingerprint density at radius 1 is 1.09 bits per heavy atom. The zero-order valence-electron chi connectivity index (χ0n) is 26.2. The number of hydrogen-bond donors (Lipinski definition) is 5. The van der Waals surface area contributed by atoms with E-state index in [0.29, 0.717) is 12.6 Å². The number of fused-ring (bicyclic) bond motifs is 3. The minimum Gasteiger partial charge on any atom is -0.393 e. The summed E-state index contributed by atoms with van der Waals surface area (Å²) in [5.41, 5.74) is 19.9. The number of hydrogen-bond acceptors (Lipinski definition) is 9. The van der Waals surface area contributed by atoms with Gasteiger partial charge in [0.2, 0.25) is 5.91 Å². The van der Waals surface area contributed by atoms with Gasteiger partial charge in [-0.1, -0.05) is 26.1 Å². The van der Waals surface area contributed by atoms with Crippen molar-refractivity contribution in [2.75, 3.05) is 50.7 Å². The second-order valence-corrected chi connectivity index (χ2v) is 14.4. The molecule has 2 fully saturated rings. The number of rotatable bonds is 10. The molecule has 236 valence electrons. The van der Waals surface area contributed by atoms with Crippen LogP contribution >= 0.6 is 7.92 Å². The summed E-state index contributed by atoms with van der Waals surface area (Å²) < 4.78 is 2.17.